The zero-order chi connectivity index (χ0) is 15.8. The third-order valence-electron chi connectivity index (χ3n) is 4.18. The van der Waals surface area contributed by atoms with Crippen molar-refractivity contribution in [3.63, 3.8) is 0 Å². The molecule has 0 spiro atoms. The van der Waals surface area contributed by atoms with E-state index in [2.05, 4.69) is 24.1 Å². The molecule has 0 aromatic heterocycles. The van der Waals surface area contributed by atoms with Crippen LogP contribution in [0.5, 0.6) is 0 Å². The highest BCUT2D eigenvalue weighted by molar-refractivity contribution is 5.75. The Morgan fingerprint density at radius 2 is 2.05 bits per heavy atom. The van der Waals surface area contributed by atoms with E-state index in [0.717, 1.165) is 26.1 Å². The van der Waals surface area contributed by atoms with Crippen molar-refractivity contribution in [1.82, 2.24) is 15.1 Å². The first kappa shape index (κ1) is 17.8. The summed E-state index contributed by atoms with van der Waals surface area (Å²) in [5.41, 5.74) is 0. The minimum atomic E-state index is -0.750. The average Bonchev–Trinajstić information content (AvgIpc) is 2.45. The van der Waals surface area contributed by atoms with Gasteiger partial charge in [0.25, 0.3) is 0 Å². The molecule has 2 atom stereocenters. The van der Waals surface area contributed by atoms with Crippen LogP contribution in [0, 0.1) is 5.92 Å². The number of rotatable bonds is 7. The zero-order valence-electron chi connectivity index (χ0n) is 13.5. The second kappa shape index (κ2) is 8.87. The van der Waals surface area contributed by atoms with Crippen LogP contribution in [0.15, 0.2) is 0 Å². The fraction of sp³-hybridized carbons (Fsp3) is 0.867. The van der Waals surface area contributed by atoms with Gasteiger partial charge in [-0.05, 0) is 39.3 Å². The lowest BCUT2D eigenvalue weighted by molar-refractivity contribution is -0.143. The topological polar surface area (TPSA) is 72.9 Å². The van der Waals surface area contributed by atoms with Gasteiger partial charge in [-0.1, -0.05) is 13.8 Å². The van der Waals surface area contributed by atoms with Gasteiger partial charge in [0, 0.05) is 25.7 Å². The zero-order valence-corrected chi connectivity index (χ0v) is 13.5. The van der Waals surface area contributed by atoms with Gasteiger partial charge in [-0.15, -0.1) is 0 Å². The standard InChI is InChI=1S/C15H29N3O3/c1-4-8-17(5-2)10-7-16-15(21)18-9-6-13(14(19)20)11-12(18)3/h12-13H,4-11H2,1-3H3,(H,16,21)(H,19,20). The number of piperidine rings is 1. The van der Waals surface area contributed by atoms with Crippen LogP contribution in [-0.2, 0) is 4.79 Å². The Labute approximate surface area is 127 Å². The number of aliphatic carboxylic acids is 1. The van der Waals surface area contributed by atoms with Gasteiger partial charge in [0.1, 0.15) is 0 Å². The molecule has 1 saturated heterocycles. The van der Waals surface area contributed by atoms with Gasteiger partial charge < -0.3 is 20.2 Å². The molecule has 2 amide bonds. The lowest BCUT2D eigenvalue weighted by atomic mass is 9.92. The van der Waals surface area contributed by atoms with Crippen molar-refractivity contribution in [3.8, 4) is 0 Å². The molecule has 1 rings (SSSR count). The van der Waals surface area contributed by atoms with Crippen LogP contribution in [-0.4, -0.2) is 65.7 Å². The minimum Gasteiger partial charge on any atom is -0.481 e. The highest BCUT2D eigenvalue weighted by Gasteiger charge is 2.31. The van der Waals surface area contributed by atoms with E-state index in [1.165, 1.54) is 0 Å². The normalized spacial score (nSPS) is 22.4. The maximum absolute atomic E-state index is 12.2. The van der Waals surface area contributed by atoms with E-state index in [9.17, 15) is 9.59 Å². The molecule has 0 bridgehead atoms. The first-order valence-corrected chi connectivity index (χ1v) is 7.99. The second-order valence-corrected chi connectivity index (χ2v) is 5.77. The monoisotopic (exact) mass is 299 g/mol. The number of likely N-dealkylation sites (N-methyl/N-ethyl adjacent to an activating group) is 1. The van der Waals surface area contributed by atoms with Gasteiger partial charge in [0.2, 0.25) is 0 Å². The fourth-order valence-electron chi connectivity index (χ4n) is 2.86. The smallest absolute Gasteiger partial charge is 0.317 e. The van der Waals surface area contributed by atoms with Crippen molar-refractivity contribution in [2.45, 2.75) is 46.1 Å². The third kappa shape index (κ3) is 5.53. The first-order valence-electron chi connectivity index (χ1n) is 7.99. The van der Waals surface area contributed by atoms with Gasteiger partial charge in [-0.25, -0.2) is 4.79 Å². The molecule has 1 aliphatic rings. The summed E-state index contributed by atoms with van der Waals surface area (Å²) in [6.45, 7) is 10.2. The lowest BCUT2D eigenvalue weighted by Gasteiger charge is -2.36. The molecule has 0 radical (unpaired) electrons. The van der Waals surface area contributed by atoms with E-state index in [1.54, 1.807) is 4.90 Å². The molecule has 21 heavy (non-hydrogen) atoms. The van der Waals surface area contributed by atoms with Gasteiger partial charge >= 0.3 is 12.0 Å². The molecular weight excluding hydrogens is 270 g/mol. The summed E-state index contributed by atoms with van der Waals surface area (Å²) in [6, 6.07) is -0.0864. The number of hydrogen-bond acceptors (Lipinski definition) is 3. The summed E-state index contributed by atoms with van der Waals surface area (Å²) in [6.07, 6.45) is 2.20. The van der Waals surface area contributed by atoms with E-state index in [4.69, 9.17) is 5.11 Å². The van der Waals surface area contributed by atoms with E-state index in [1.807, 2.05) is 6.92 Å². The summed E-state index contributed by atoms with van der Waals surface area (Å²) in [7, 11) is 0. The van der Waals surface area contributed by atoms with Crippen LogP contribution in [0.3, 0.4) is 0 Å². The van der Waals surface area contributed by atoms with Crippen molar-refractivity contribution in [2.75, 3.05) is 32.7 Å². The Bertz CT molecular complexity index is 349. The molecule has 1 heterocycles. The van der Waals surface area contributed by atoms with Crippen LogP contribution in [0.4, 0.5) is 4.79 Å². The van der Waals surface area contributed by atoms with E-state index < -0.39 is 5.97 Å². The van der Waals surface area contributed by atoms with Crippen LogP contribution in [0.25, 0.3) is 0 Å². The molecule has 6 heteroatoms. The number of carbonyl (C=O) groups excluding carboxylic acids is 1. The summed E-state index contributed by atoms with van der Waals surface area (Å²) in [5.74, 6) is -1.07. The Kier molecular flexibility index (Phi) is 7.50. The Hall–Kier alpha value is -1.30. The van der Waals surface area contributed by atoms with E-state index in [-0.39, 0.29) is 18.0 Å². The predicted molar refractivity (Wildman–Crippen MR) is 82.3 cm³/mol. The number of nitrogens with one attached hydrogen (secondary N) is 1. The molecule has 0 saturated carbocycles. The number of urea groups is 1. The summed E-state index contributed by atoms with van der Waals surface area (Å²) in [4.78, 5) is 27.2. The van der Waals surface area contributed by atoms with Crippen LogP contribution in [0.1, 0.15) is 40.0 Å². The van der Waals surface area contributed by atoms with Crippen molar-refractivity contribution >= 4 is 12.0 Å². The molecule has 122 valence electrons. The largest absolute Gasteiger partial charge is 0.481 e. The number of carbonyl (C=O) groups is 2. The molecular formula is C15H29N3O3. The molecule has 6 nitrogen and oxygen atoms in total. The fourth-order valence-corrected chi connectivity index (χ4v) is 2.86. The maximum Gasteiger partial charge on any atom is 0.317 e. The minimum absolute atomic E-state index is 0.0160. The molecule has 1 aliphatic heterocycles. The van der Waals surface area contributed by atoms with Crippen LogP contribution >= 0.6 is 0 Å². The maximum atomic E-state index is 12.2. The summed E-state index contributed by atoms with van der Waals surface area (Å²) in [5, 5.41) is 12.0. The molecule has 2 N–H and O–H groups in total. The number of carboxylic acid groups (broad SMARTS) is 1. The van der Waals surface area contributed by atoms with Crippen LogP contribution < -0.4 is 5.32 Å². The predicted octanol–water partition coefficient (Wildman–Crippen LogP) is 1.61. The SMILES string of the molecule is CCCN(CC)CCNC(=O)N1CCC(C(=O)O)CC1C. The van der Waals surface area contributed by atoms with E-state index >= 15 is 0 Å². The second-order valence-electron chi connectivity index (χ2n) is 5.77. The molecule has 1 fully saturated rings. The van der Waals surface area contributed by atoms with Crippen molar-refractivity contribution in [1.29, 1.82) is 0 Å². The first-order chi connectivity index (χ1) is 9.99. The number of likely N-dealkylation sites (tertiary alicyclic amines) is 1. The lowest BCUT2D eigenvalue weighted by Crippen LogP contribution is -2.51. The molecule has 0 aromatic carbocycles. The number of nitrogens with zero attached hydrogens (tertiary/aromatic N) is 2. The highest BCUT2D eigenvalue weighted by Crippen LogP contribution is 2.22. The molecule has 0 aromatic rings. The van der Waals surface area contributed by atoms with Crippen molar-refractivity contribution < 1.29 is 14.7 Å². The van der Waals surface area contributed by atoms with Gasteiger partial charge in [-0.3, -0.25) is 4.79 Å². The number of amides is 2. The molecule has 2 unspecified atom stereocenters. The Morgan fingerprint density at radius 1 is 1.33 bits per heavy atom. The molecule has 0 aliphatic carbocycles. The highest BCUT2D eigenvalue weighted by atomic mass is 16.4. The van der Waals surface area contributed by atoms with Gasteiger partial charge in [0.05, 0.1) is 5.92 Å². The Balaban J connectivity index is 2.34. The number of hydrogen-bond donors (Lipinski definition) is 2. The van der Waals surface area contributed by atoms with Crippen LogP contribution in [0.2, 0.25) is 0 Å². The number of carboxylic acids is 1. The van der Waals surface area contributed by atoms with Gasteiger partial charge in [0.15, 0.2) is 0 Å². The quantitative estimate of drug-likeness (QED) is 0.749. The van der Waals surface area contributed by atoms with Gasteiger partial charge in [-0.2, -0.15) is 0 Å². The summed E-state index contributed by atoms with van der Waals surface area (Å²) >= 11 is 0. The average molecular weight is 299 g/mol. The summed E-state index contributed by atoms with van der Waals surface area (Å²) < 4.78 is 0. The van der Waals surface area contributed by atoms with Crippen molar-refractivity contribution in [3.05, 3.63) is 0 Å². The van der Waals surface area contributed by atoms with E-state index in [0.29, 0.717) is 25.9 Å². The van der Waals surface area contributed by atoms with Crippen molar-refractivity contribution in [2.24, 2.45) is 5.92 Å². The Morgan fingerprint density at radius 3 is 2.57 bits per heavy atom. The third-order valence-corrected chi connectivity index (χ3v) is 4.18.